The SMILES string of the molecule is CC1C=CC=CC1(C)OCCCCCCCCCCCCOP(=O)(O)O. The van der Waals surface area contributed by atoms with Gasteiger partial charge in [0.1, 0.15) is 0 Å². The molecule has 0 spiro atoms. The van der Waals surface area contributed by atoms with Gasteiger partial charge in [-0.2, -0.15) is 0 Å². The van der Waals surface area contributed by atoms with Crippen LogP contribution in [0.25, 0.3) is 0 Å². The Labute approximate surface area is 159 Å². The van der Waals surface area contributed by atoms with Crippen molar-refractivity contribution >= 4 is 7.82 Å². The van der Waals surface area contributed by atoms with Crippen LogP contribution < -0.4 is 0 Å². The summed E-state index contributed by atoms with van der Waals surface area (Å²) in [7, 11) is -4.28. The molecule has 0 aromatic heterocycles. The second-order valence-corrected chi connectivity index (χ2v) is 8.66. The fourth-order valence-electron chi connectivity index (χ4n) is 3.09. The number of hydrogen-bond acceptors (Lipinski definition) is 3. The van der Waals surface area contributed by atoms with Crippen molar-refractivity contribution in [1.29, 1.82) is 0 Å². The number of allylic oxidation sites excluding steroid dienone is 2. The molecule has 5 nitrogen and oxygen atoms in total. The Morgan fingerprint density at radius 1 is 0.885 bits per heavy atom. The molecule has 26 heavy (non-hydrogen) atoms. The highest BCUT2D eigenvalue weighted by Gasteiger charge is 2.28. The summed E-state index contributed by atoms with van der Waals surface area (Å²) in [4.78, 5) is 17.1. The molecule has 2 atom stereocenters. The van der Waals surface area contributed by atoms with Gasteiger partial charge in [0, 0.05) is 12.5 Å². The van der Waals surface area contributed by atoms with E-state index in [0.29, 0.717) is 12.3 Å². The van der Waals surface area contributed by atoms with Crippen LogP contribution in [0.2, 0.25) is 0 Å². The predicted molar refractivity (Wildman–Crippen MR) is 106 cm³/mol. The predicted octanol–water partition coefficient (Wildman–Crippen LogP) is 5.53. The van der Waals surface area contributed by atoms with Gasteiger partial charge in [-0.25, -0.2) is 4.57 Å². The molecule has 6 heteroatoms. The van der Waals surface area contributed by atoms with E-state index in [1.54, 1.807) is 0 Å². The van der Waals surface area contributed by atoms with Crippen LogP contribution >= 0.6 is 7.82 Å². The Hall–Kier alpha value is -0.450. The molecule has 0 aliphatic heterocycles. The van der Waals surface area contributed by atoms with Gasteiger partial charge < -0.3 is 14.5 Å². The maximum Gasteiger partial charge on any atom is 0.469 e. The molecule has 1 aliphatic rings. The van der Waals surface area contributed by atoms with E-state index in [1.165, 1.54) is 38.5 Å². The lowest BCUT2D eigenvalue weighted by Gasteiger charge is -2.33. The van der Waals surface area contributed by atoms with Gasteiger partial charge >= 0.3 is 7.82 Å². The Bertz CT molecular complexity index is 471. The first-order valence-electron chi connectivity index (χ1n) is 10.0. The largest absolute Gasteiger partial charge is 0.469 e. The summed E-state index contributed by atoms with van der Waals surface area (Å²) >= 11 is 0. The molecule has 0 heterocycles. The molecule has 0 aromatic carbocycles. The molecule has 0 saturated carbocycles. The lowest BCUT2D eigenvalue weighted by atomic mass is 9.87. The van der Waals surface area contributed by atoms with E-state index in [2.05, 4.69) is 42.7 Å². The van der Waals surface area contributed by atoms with Gasteiger partial charge in [-0.1, -0.05) is 82.6 Å². The van der Waals surface area contributed by atoms with Gasteiger partial charge in [-0.15, -0.1) is 0 Å². The normalized spacial score (nSPS) is 22.8. The maximum absolute atomic E-state index is 10.5. The monoisotopic (exact) mass is 388 g/mol. The average molecular weight is 388 g/mol. The fourth-order valence-corrected chi connectivity index (χ4v) is 3.46. The quantitative estimate of drug-likeness (QED) is 0.285. The van der Waals surface area contributed by atoms with Crippen molar-refractivity contribution < 1.29 is 23.6 Å². The maximum atomic E-state index is 10.5. The summed E-state index contributed by atoms with van der Waals surface area (Å²) < 4.78 is 21.0. The third-order valence-corrected chi connectivity index (χ3v) is 5.57. The van der Waals surface area contributed by atoms with Gasteiger partial charge in [0.2, 0.25) is 0 Å². The Morgan fingerprint density at radius 3 is 1.88 bits per heavy atom. The van der Waals surface area contributed by atoms with Crippen molar-refractivity contribution in [2.45, 2.75) is 83.7 Å². The molecule has 152 valence electrons. The highest BCUT2D eigenvalue weighted by molar-refractivity contribution is 7.46. The van der Waals surface area contributed by atoms with E-state index in [9.17, 15) is 4.57 Å². The molecule has 0 bridgehead atoms. The first kappa shape index (κ1) is 23.6. The zero-order valence-electron chi connectivity index (χ0n) is 16.4. The Kier molecular flexibility index (Phi) is 11.7. The number of ether oxygens (including phenoxy) is 1. The highest BCUT2D eigenvalue weighted by Crippen LogP contribution is 2.35. The van der Waals surface area contributed by atoms with Gasteiger partial charge in [-0.05, 0) is 19.8 Å². The van der Waals surface area contributed by atoms with E-state index in [0.717, 1.165) is 25.9 Å². The molecular formula is C20H37O5P. The van der Waals surface area contributed by atoms with E-state index in [1.807, 2.05) is 0 Å². The van der Waals surface area contributed by atoms with Gasteiger partial charge in [0.05, 0.1) is 12.2 Å². The Morgan fingerprint density at radius 2 is 1.38 bits per heavy atom. The molecule has 0 aromatic rings. The molecule has 0 radical (unpaired) electrons. The average Bonchev–Trinajstić information content (AvgIpc) is 2.57. The van der Waals surface area contributed by atoms with Gasteiger partial charge in [0.15, 0.2) is 0 Å². The van der Waals surface area contributed by atoms with Crippen molar-refractivity contribution in [2.75, 3.05) is 13.2 Å². The van der Waals surface area contributed by atoms with Gasteiger partial charge in [-0.3, -0.25) is 4.52 Å². The molecular weight excluding hydrogens is 351 g/mol. The molecule has 1 aliphatic carbocycles. The van der Waals surface area contributed by atoms with Gasteiger partial charge in [0.25, 0.3) is 0 Å². The molecule has 0 fully saturated rings. The van der Waals surface area contributed by atoms with Crippen LogP contribution in [0.3, 0.4) is 0 Å². The molecule has 2 unspecified atom stereocenters. The van der Waals surface area contributed by atoms with Crippen molar-refractivity contribution in [3.05, 3.63) is 24.3 Å². The summed E-state index contributed by atoms with van der Waals surface area (Å²) in [6.45, 7) is 5.34. The van der Waals surface area contributed by atoms with Crippen LogP contribution in [0.15, 0.2) is 24.3 Å². The summed E-state index contributed by atoms with van der Waals surface area (Å²) in [5.74, 6) is 0.427. The number of unbranched alkanes of at least 4 members (excludes halogenated alkanes) is 9. The number of phosphoric ester groups is 1. The molecule has 2 N–H and O–H groups in total. The number of phosphoric acid groups is 1. The summed E-state index contributed by atoms with van der Waals surface area (Å²) in [6, 6.07) is 0. The van der Waals surface area contributed by atoms with Crippen LogP contribution in [0.1, 0.15) is 78.1 Å². The summed E-state index contributed by atoms with van der Waals surface area (Å²) in [5.41, 5.74) is -0.148. The smallest absolute Gasteiger partial charge is 0.371 e. The van der Waals surface area contributed by atoms with Crippen LogP contribution in [0, 0.1) is 5.92 Å². The second kappa shape index (κ2) is 12.9. The number of hydrogen-bond donors (Lipinski definition) is 2. The van der Waals surface area contributed by atoms with Crippen LogP contribution in [0.5, 0.6) is 0 Å². The van der Waals surface area contributed by atoms with E-state index in [4.69, 9.17) is 14.5 Å². The second-order valence-electron chi connectivity index (χ2n) is 7.42. The lowest BCUT2D eigenvalue weighted by molar-refractivity contribution is -0.0220. The van der Waals surface area contributed by atoms with Crippen molar-refractivity contribution in [1.82, 2.24) is 0 Å². The van der Waals surface area contributed by atoms with Crippen molar-refractivity contribution in [3.63, 3.8) is 0 Å². The lowest BCUT2D eigenvalue weighted by Crippen LogP contribution is -2.34. The zero-order valence-corrected chi connectivity index (χ0v) is 17.3. The third kappa shape index (κ3) is 11.3. The van der Waals surface area contributed by atoms with Crippen LogP contribution in [-0.4, -0.2) is 28.6 Å². The summed E-state index contributed by atoms with van der Waals surface area (Å²) in [5, 5.41) is 0. The van der Waals surface area contributed by atoms with E-state index in [-0.39, 0.29) is 12.2 Å². The van der Waals surface area contributed by atoms with Crippen molar-refractivity contribution in [3.8, 4) is 0 Å². The highest BCUT2D eigenvalue weighted by atomic mass is 31.2. The first-order chi connectivity index (χ1) is 12.3. The minimum absolute atomic E-state index is 0.148. The van der Waals surface area contributed by atoms with E-state index < -0.39 is 7.82 Å². The molecule has 0 saturated heterocycles. The molecule has 0 amide bonds. The van der Waals surface area contributed by atoms with Crippen molar-refractivity contribution in [2.24, 2.45) is 5.92 Å². The summed E-state index contributed by atoms with van der Waals surface area (Å²) in [6.07, 6.45) is 19.9. The standard InChI is InChI=1S/C20H37O5P/c1-19-15-11-12-16-20(19,2)24-17-13-9-7-5-3-4-6-8-10-14-18-25-26(21,22)23/h11-12,15-16,19H,3-10,13-14,17-18H2,1-2H3,(H2,21,22,23). The number of rotatable bonds is 15. The molecule has 1 rings (SSSR count). The van der Waals surface area contributed by atoms with Crippen LogP contribution in [-0.2, 0) is 13.8 Å². The first-order valence-corrected chi connectivity index (χ1v) is 11.6. The van der Waals surface area contributed by atoms with Crippen LogP contribution in [0.4, 0.5) is 0 Å². The topological polar surface area (TPSA) is 76.0 Å². The zero-order chi connectivity index (χ0) is 19.3. The Balaban J connectivity index is 1.83. The fraction of sp³-hybridized carbons (Fsp3) is 0.800. The minimum Gasteiger partial charge on any atom is -0.371 e. The minimum atomic E-state index is -4.28. The van der Waals surface area contributed by atoms with E-state index >= 15 is 0 Å². The third-order valence-electron chi connectivity index (χ3n) is 5.05.